The number of fused-ring (bicyclic) bond motifs is 1. The maximum atomic E-state index is 9.67. The molecule has 2 aliphatic rings. The van der Waals surface area contributed by atoms with Crippen molar-refractivity contribution in [1.29, 1.82) is 5.26 Å². The summed E-state index contributed by atoms with van der Waals surface area (Å²) in [7, 11) is 1.64. The zero-order valence-electron chi connectivity index (χ0n) is 17.5. The van der Waals surface area contributed by atoms with E-state index in [2.05, 4.69) is 22.9 Å². The van der Waals surface area contributed by atoms with Crippen LogP contribution in [0.2, 0.25) is 0 Å². The highest BCUT2D eigenvalue weighted by atomic mass is 32.1. The average Bonchev–Trinajstić information content (AvgIpc) is 3.13. The Bertz CT molecular complexity index is 957. The molecule has 1 aliphatic heterocycles. The van der Waals surface area contributed by atoms with Gasteiger partial charge in [0.25, 0.3) is 0 Å². The molecule has 2 heterocycles. The van der Waals surface area contributed by atoms with Crippen molar-refractivity contribution in [1.82, 2.24) is 4.90 Å². The lowest BCUT2D eigenvalue weighted by Gasteiger charge is -2.26. The molecule has 2 aromatic rings. The Morgan fingerprint density at radius 1 is 1.33 bits per heavy atom. The summed E-state index contributed by atoms with van der Waals surface area (Å²) in [5, 5.41) is 10.5. The number of hydrogen-bond acceptors (Lipinski definition) is 7. The quantitative estimate of drug-likeness (QED) is 0.650. The molecule has 0 unspecified atom stereocenters. The van der Waals surface area contributed by atoms with Crippen LogP contribution in [-0.2, 0) is 17.6 Å². The Labute approximate surface area is 181 Å². The van der Waals surface area contributed by atoms with E-state index in [0.29, 0.717) is 24.1 Å². The Kier molecular flexibility index (Phi) is 6.68. The van der Waals surface area contributed by atoms with E-state index in [1.165, 1.54) is 10.4 Å². The molecule has 4 rings (SSSR count). The molecule has 30 heavy (non-hydrogen) atoms. The minimum atomic E-state index is 0.495. The van der Waals surface area contributed by atoms with Gasteiger partial charge >= 0.3 is 0 Å². The van der Waals surface area contributed by atoms with Crippen molar-refractivity contribution in [2.24, 2.45) is 10.9 Å². The highest BCUT2D eigenvalue weighted by Gasteiger charge is 2.23. The van der Waals surface area contributed by atoms with Gasteiger partial charge in [0, 0.05) is 24.2 Å². The second kappa shape index (κ2) is 9.61. The SMILES string of the molecule is COc1ccc(C=Nc2sc3c(c2C#N)CC[C@@H](C)C3)cc1OCN1CCOCC1. The van der Waals surface area contributed by atoms with Gasteiger partial charge in [-0.2, -0.15) is 5.26 Å². The molecule has 0 N–H and O–H groups in total. The number of ether oxygens (including phenoxy) is 3. The number of rotatable bonds is 6. The molecule has 6 nitrogen and oxygen atoms in total. The molecule has 0 radical (unpaired) electrons. The first-order chi connectivity index (χ1) is 14.7. The highest BCUT2D eigenvalue weighted by molar-refractivity contribution is 7.16. The molecule has 0 amide bonds. The van der Waals surface area contributed by atoms with Crippen molar-refractivity contribution < 1.29 is 14.2 Å². The number of aliphatic imine (C=N–C) groups is 1. The topological polar surface area (TPSA) is 67.1 Å². The summed E-state index contributed by atoms with van der Waals surface area (Å²) >= 11 is 1.66. The maximum absolute atomic E-state index is 9.67. The average molecular weight is 426 g/mol. The second-order valence-electron chi connectivity index (χ2n) is 7.82. The van der Waals surface area contributed by atoms with E-state index in [1.54, 1.807) is 18.4 Å². The second-order valence-corrected chi connectivity index (χ2v) is 8.90. The Balaban J connectivity index is 1.52. The summed E-state index contributed by atoms with van der Waals surface area (Å²) in [5.74, 6) is 2.05. The van der Waals surface area contributed by atoms with Crippen LogP contribution in [0.5, 0.6) is 11.5 Å². The number of nitrogens with zero attached hydrogens (tertiary/aromatic N) is 3. The number of nitriles is 1. The monoisotopic (exact) mass is 425 g/mol. The molecule has 158 valence electrons. The Morgan fingerprint density at radius 2 is 2.17 bits per heavy atom. The molecule has 1 aromatic heterocycles. The third-order valence-corrected chi connectivity index (χ3v) is 6.79. The summed E-state index contributed by atoms with van der Waals surface area (Å²) < 4.78 is 16.9. The molecule has 1 atom stereocenters. The van der Waals surface area contributed by atoms with Crippen LogP contribution in [0.15, 0.2) is 23.2 Å². The van der Waals surface area contributed by atoms with Crippen molar-refractivity contribution in [3.8, 4) is 17.6 Å². The Morgan fingerprint density at radius 3 is 2.93 bits per heavy atom. The third kappa shape index (κ3) is 4.67. The molecular formula is C23H27N3O3S. The molecule has 1 fully saturated rings. The fourth-order valence-electron chi connectivity index (χ4n) is 3.85. The van der Waals surface area contributed by atoms with Crippen molar-refractivity contribution >= 4 is 22.6 Å². The molecule has 0 saturated carbocycles. The van der Waals surface area contributed by atoms with Crippen LogP contribution in [-0.4, -0.2) is 51.3 Å². The lowest BCUT2D eigenvalue weighted by Crippen LogP contribution is -2.38. The van der Waals surface area contributed by atoms with Gasteiger partial charge in [-0.3, -0.25) is 4.90 Å². The summed E-state index contributed by atoms with van der Waals surface area (Å²) in [5.41, 5.74) is 2.86. The maximum Gasteiger partial charge on any atom is 0.163 e. The number of thiophene rings is 1. The number of hydrogen-bond donors (Lipinski definition) is 0. The van der Waals surface area contributed by atoms with Gasteiger partial charge in [-0.05, 0) is 54.5 Å². The van der Waals surface area contributed by atoms with Gasteiger partial charge in [0.2, 0.25) is 0 Å². The predicted molar refractivity (Wildman–Crippen MR) is 118 cm³/mol. The van der Waals surface area contributed by atoms with Gasteiger partial charge in [0.15, 0.2) is 11.5 Å². The van der Waals surface area contributed by atoms with Gasteiger partial charge in [0.05, 0.1) is 25.9 Å². The van der Waals surface area contributed by atoms with Crippen LogP contribution in [0.4, 0.5) is 5.00 Å². The lowest BCUT2D eigenvalue weighted by molar-refractivity contribution is 0.00354. The normalized spacial score (nSPS) is 19.4. The van der Waals surface area contributed by atoms with E-state index >= 15 is 0 Å². The minimum Gasteiger partial charge on any atom is -0.493 e. The van der Waals surface area contributed by atoms with E-state index in [-0.39, 0.29) is 0 Å². The largest absolute Gasteiger partial charge is 0.493 e. The zero-order chi connectivity index (χ0) is 20.9. The van der Waals surface area contributed by atoms with E-state index in [0.717, 1.165) is 61.7 Å². The van der Waals surface area contributed by atoms with Crippen LogP contribution in [0.25, 0.3) is 0 Å². The van der Waals surface area contributed by atoms with Crippen LogP contribution in [0, 0.1) is 17.2 Å². The minimum absolute atomic E-state index is 0.495. The van der Waals surface area contributed by atoms with E-state index in [4.69, 9.17) is 14.2 Å². The molecule has 0 spiro atoms. The van der Waals surface area contributed by atoms with E-state index in [1.807, 2.05) is 24.4 Å². The van der Waals surface area contributed by atoms with Crippen molar-refractivity contribution in [2.75, 3.05) is 40.1 Å². The third-order valence-electron chi connectivity index (χ3n) is 5.63. The standard InChI is InChI=1S/C23H27N3O3S/c1-16-3-5-18-19(13-24)23(30-22(18)11-16)25-14-17-4-6-20(27-2)21(12-17)29-15-26-7-9-28-10-8-26/h4,6,12,14,16H,3,5,7-11,15H2,1-2H3/t16-/m1/s1. The number of morpholine rings is 1. The highest BCUT2D eigenvalue weighted by Crippen LogP contribution is 2.40. The fraction of sp³-hybridized carbons (Fsp3) is 0.478. The van der Waals surface area contributed by atoms with Gasteiger partial charge < -0.3 is 14.2 Å². The van der Waals surface area contributed by atoms with Gasteiger partial charge in [0.1, 0.15) is 17.8 Å². The summed E-state index contributed by atoms with van der Waals surface area (Å²) in [6.07, 6.45) is 4.98. The predicted octanol–water partition coefficient (Wildman–Crippen LogP) is 4.17. The summed E-state index contributed by atoms with van der Waals surface area (Å²) in [4.78, 5) is 8.20. The van der Waals surface area contributed by atoms with Crippen molar-refractivity contribution in [2.45, 2.75) is 26.2 Å². The van der Waals surface area contributed by atoms with Crippen LogP contribution in [0.1, 0.15) is 34.9 Å². The summed E-state index contributed by atoms with van der Waals surface area (Å²) in [6, 6.07) is 8.15. The smallest absolute Gasteiger partial charge is 0.163 e. The van der Waals surface area contributed by atoms with Crippen LogP contribution in [0.3, 0.4) is 0 Å². The van der Waals surface area contributed by atoms with E-state index < -0.39 is 0 Å². The molecule has 1 aromatic carbocycles. The van der Waals surface area contributed by atoms with Crippen LogP contribution < -0.4 is 9.47 Å². The molecule has 0 bridgehead atoms. The molecular weight excluding hydrogens is 398 g/mol. The summed E-state index contributed by atoms with van der Waals surface area (Å²) in [6.45, 7) is 5.96. The number of benzene rings is 1. The van der Waals surface area contributed by atoms with E-state index in [9.17, 15) is 5.26 Å². The zero-order valence-corrected chi connectivity index (χ0v) is 18.3. The lowest BCUT2D eigenvalue weighted by atomic mass is 9.89. The first-order valence-corrected chi connectivity index (χ1v) is 11.2. The van der Waals surface area contributed by atoms with Crippen LogP contribution >= 0.6 is 11.3 Å². The number of methoxy groups -OCH3 is 1. The molecule has 1 aliphatic carbocycles. The van der Waals surface area contributed by atoms with Gasteiger partial charge in [-0.25, -0.2) is 4.99 Å². The first kappa shape index (κ1) is 20.9. The van der Waals surface area contributed by atoms with Crippen molar-refractivity contribution in [3.05, 3.63) is 39.8 Å². The fourth-order valence-corrected chi connectivity index (χ4v) is 5.16. The first-order valence-electron chi connectivity index (χ1n) is 10.4. The van der Waals surface area contributed by atoms with Gasteiger partial charge in [-0.15, -0.1) is 11.3 Å². The molecule has 1 saturated heterocycles. The molecule has 7 heteroatoms. The van der Waals surface area contributed by atoms with Gasteiger partial charge in [-0.1, -0.05) is 6.92 Å². The van der Waals surface area contributed by atoms with Crippen molar-refractivity contribution in [3.63, 3.8) is 0 Å². The Hall–Kier alpha value is -2.40.